The minimum Gasteiger partial charge on any atom is -0.492 e. The normalized spacial score (nSPS) is 17.9. The average molecular weight is 321 g/mol. The van der Waals surface area contributed by atoms with E-state index in [2.05, 4.69) is 5.10 Å². The van der Waals surface area contributed by atoms with Crippen LogP contribution in [0.3, 0.4) is 0 Å². The lowest BCUT2D eigenvalue weighted by atomic mass is 10.3. The maximum atomic E-state index is 12.9. The van der Waals surface area contributed by atoms with Crippen LogP contribution < -0.4 is 4.74 Å². The number of fused-ring (bicyclic) bond motifs is 1. The number of thiophene rings is 1. The summed E-state index contributed by atoms with van der Waals surface area (Å²) in [5.74, 6) is 0.638. The van der Waals surface area contributed by atoms with Gasteiger partial charge in [-0.2, -0.15) is 5.10 Å². The van der Waals surface area contributed by atoms with Gasteiger partial charge in [0.2, 0.25) is 0 Å². The second-order valence-corrected chi connectivity index (χ2v) is 6.01. The zero-order valence-electron chi connectivity index (χ0n) is 12.7. The van der Waals surface area contributed by atoms with Crippen molar-refractivity contribution in [3.05, 3.63) is 34.3 Å². The van der Waals surface area contributed by atoms with E-state index < -0.39 is 0 Å². The van der Waals surface area contributed by atoms with Crippen molar-refractivity contribution in [1.29, 1.82) is 0 Å². The van der Waals surface area contributed by atoms with Gasteiger partial charge in [0.15, 0.2) is 0 Å². The van der Waals surface area contributed by atoms with E-state index in [0.717, 1.165) is 5.69 Å². The van der Waals surface area contributed by atoms with Gasteiger partial charge in [-0.3, -0.25) is 9.48 Å². The summed E-state index contributed by atoms with van der Waals surface area (Å²) in [4.78, 5) is 15.3. The van der Waals surface area contributed by atoms with E-state index in [1.807, 2.05) is 34.0 Å². The highest BCUT2D eigenvalue weighted by atomic mass is 32.1. The molecule has 0 aromatic carbocycles. The molecule has 3 rings (SSSR count). The van der Waals surface area contributed by atoms with Crippen LogP contribution in [-0.2, 0) is 17.8 Å². The summed E-state index contributed by atoms with van der Waals surface area (Å²) in [6.07, 6.45) is 1.69. The van der Waals surface area contributed by atoms with Gasteiger partial charge in [0.1, 0.15) is 10.6 Å². The number of nitrogens with zero attached hydrogens (tertiary/aromatic N) is 3. The van der Waals surface area contributed by atoms with Gasteiger partial charge in [0, 0.05) is 19.9 Å². The Morgan fingerprint density at radius 3 is 3.09 bits per heavy atom. The lowest BCUT2D eigenvalue weighted by molar-refractivity contribution is 0.0451. The average Bonchev–Trinajstić information content (AvgIpc) is 3.12. The van der Waals surface area contributed by atoms with Crippen LogP contribution in [0.25, 0.3) is 0 Å². The smallest absolute Gasteiger partial charge is 0.268 e. The van der Waals surface area contributed by atoms with Gasteiger partial charge in [0.25, 0.3) is 5.91 Å². The van der Waals surface area contributed by atoms with Gasteiger partial charge < -0.3 is 14.4 Å². The quantitative estimate of drug-likeness (QED) is 0.864. The van der Waals surface area contributed by atoms with Crippen molar-refractivity contribution >= 4 is 17.2 Å². The van der Waals surface area contributed by atoms with Crippen molar-refractivity contribution in [3.8, 4) is 5.75 Å². The lowest BCUT2D eigenvalue weighted by Gasteiger charge is -2.23. The van der Waals surface area contributed by atoms with E-state index in [9.17, 15) is 4.79 Å². The Kier molecular flexibility index (Phi) is 4.44. The highest BCUT2D eigenvalue weighted by molar-refractivity contribution is 7.12. The van der Waals surface area contributed by atoms with E-state index in [-0.39, 0.29) is 12.0 Å². The van der Waals surface area contributed by atoms with Crippen LogP contribution in [-0.4, -0.2) is 47.0 Å². The number of rotatable bonds is 4. The van der Waals surface area contributed by atoms with Gasteiger partial charge in [-0.05, 0) is 24.4 Å². The van der Waals surface area contributed by atoms with Crippen molar-refractivity contribution in [3.63, 3.8) is 0 Å². The Morgan fingerprint density at radius 1 is 1.45 bits per heavy atom. The second kappa shape index (κ2) is 6.50. The van der Waals surface area contributed by atoms with Crippen LogP contribution in [0.5, 0.6) is 5.75 Å². The standard InChI is InChI=1S/C15H19N3O3S/c1-3-21-13-5-7-22-14(13)15(19)17-8-11-4-6-16-18(11)10-12(9-17)20-2/h4-7,12H,3,8-10H2,1-2H3/t12-/m0/s1. The van der Waals surface area contributed by atoms with Crippen molar-refractivity contribution in [2.75, 3.05) is 20.3 Å². The van der Waals surface area contributed by atoms with E-state index in [1.165, 1.54) is 11.3 Å². The number of carbonyl (C=O) groups excluding carboxylic acids is 1. The molecular formula is C15H19N3O3S. The molecule has 0 saturated heterocycles. The second-order valence-electron chi connectivity index (χ2n) is 5.10. The molecule has 3 heterocycles. The molecule has 1 atom stereocenters. The lowest BCUT2D eigenvalue weighted by Crippen LogP contribution is -2.36. The molecule has 118 valence electrons. The summed E-state index contributed by atoms with van der Waals surface area (Å²) in [6, 6.07) is 3.79. The van der Waals surface area contributed by atoms with Gasteiger partial charge in [-0.1, -0.05) is 0 Å². The summed E-state index contributed by atoms with van der Waals surface area (Å²) >= 11 is 1.41. The fourth-order valence-corrected chi connectivity index (χ4v) is 3.39. The molecule has 0 unspecified atom stereocenters. The van der Waals surface area contributed by atoms with Gasteiger partial charge >= 0.3 is 0 Å². The van der Waals surface area contributed by atoms with Crippen molar-refractivity contribution < 1.29 is 14.3 Å². The molecule has 7 heteroatoms. The fraction of sp³-hybridized carbons (Fsp3) is 0.467. The SMILES string of the molecule is CCOc1ccsc1C(=O)N1Cc2ccnn2C[C@@H](OC)C1. The Hall–Kier alpha value is -1.86. The highest BCUT2D eigenvalue weighted by Gasteiger charge is 2.28. The third-order valence-corrected chi connectivity index (χ3v) is 4.59. The molecule has 1 aliphatic rings. The Bertz CT molecular complexity index is 652. The molecule has 1 amide bonds. The molecule has 0 saturated carbocycles. The molecule has 0 fully saturated rings. The summed E-state index contributed by atoms with van der Waals surface area (Å²) in [5.41, 5.74) is 1.02. The minimum absolute atomic E-state index is 0.0184. The van der Waals surface area contributed by atoms with Crippen LogP contribution in [0.2, 0.25) is 0 Å². The summed E-state index contributed by atoms with van der Waals surface area (Å²) in [6.45, 7) is 4.19. The molecule has 0 bridgehead atoms. The third kappa shape index (κ3) is 2.86. The highest BCUT2D eigenvalue weighted by Crippen LogP contribution is 2.28. The predicted octanol–water partition coefficient (Wildman–Crippen LogP) is 2.01. The number of hydrogen-bond acceptors (Lipinski definition) is 5. The molecule has 22 heavy (non-hydrogen) atoms. The largest absolute Gasteiger partial charge is 0.492 e. The number of aromatic nitrogens is 2. The maximum Gasteiger partial charge on any atom is 0.268 e. The number of methoxy groups -OCH3 is 1. The van der Waals surface area contributed by atoms with Crippen molar-refractivity contribution in [1.82, 2.24) is 14.7 Å². The summed E-state index contributed by atoms with van der Waals surface area (Å²) in [7, 11) is 1.67. The number of ether oxygens (including phenoxy) is 2. The van der Waals surface area contributed by atoms with E-state index >= 15 is 0 Å². The van der Waals surface area contributed by atoms with E-state index in [4.69, 9.17) is 9.47 Å². The van der Waals surface area contributed by atoms with Crippen LogP contribution in [0, 0.1) is 0 Å². The van der Waals surface area contributed by atoms with E-state index in [1.54, 1.807) is 13.3 Å². The molecule has 1 aliphatic heterocycles. The number of amides is 1. The Morgan fingerprint density at radius 2 is 2.32 bits per heavy atom. The van der Waals surface area contributed by atoms with Crippen LogP contribution in [0.4, 0.5) is 0 Å². The van der Waals surface area contributed by atoms with Gasteiger partial charge in [-0.25, -0.2) is 0 Å². The third-order valence-electron chi connectivity index (χ3n) is 3.70. The zero-order chi connectivity index (χ0) is 15.5. The van der Waals surface area contributed by atoms with E-state index in [0.29, 0.717) is 36.9 Å². The molecule has 2 aromatic heterocycles. The number of hydrogen-bond donors (Lipinski definition) is 0. The molecular weight excluding hydrogens is 302 g/mol. The van der Waals surface area contributed by atoms with Crippen molar-refractivity contribution in [2.45, 2.75) is 26.1 Å². The molecule has 6 nitrogen and oxygen atoms in total. The zero-order valence-corrected chi connectivity index (χ0v) is 13.5. The molecule has 0 N–H and O–H groups in total. The first-order valence-corrected chi connectivity index (χ1v) is 8.14. The first-order chi connectivity index (χ1) is 10.7. The Labute approximate surface area is 133 Å². The fourth-order valence-electron chi connectivity index (χ4n) is 2.59. The number of carbonyl (C=O) groups is 1. The summed E-state index contributed by atoms with van der Waals surface area (Å²) < 4.78 is 12.9. The minimum atomic E-state index is -0.0689. The maximum absolute atomic E-state index is 12.9. The van der Waals surface area contributed by atoms with Crippen molar-refractivity contribution in [2.24, 2.45) is 0 Å². The molecule has 0 radical (unpaired) electrons. The monoisotopic (exact) mass is 321 g/mol. The predicted molar refractivity (Wildman–Crippen MR) is 83.3 cm³/mol. The van der Waals surface area contributed by atoms with Crippen LogP contribution in [0.1, 0.15) is 22.3 Å². The topological polar surface area (TPSA) is 56.6 Å². The molecule has 2 aromatic rings. The molecule has 0 spiro atoms. The van der Waals surface area contributed by atoms with Crippen LogP contribution >= 0.6 is 11.3 Å². The summed E-state index contributed by atoms with van der Waals surface area (Å²) in [5, 5.41) is 6.18. The first kappa shape index (κ1) is 15.1. The Balaban J connectivity index is 1.86. The molecule has 0 aliphatic carbocycles. The van der Waals surface area contributed by atoms with Crippen LogP contribution in [0.15, 0.2) is 23.7 Å². The van der Waals surface area contributed by atoms with Gasteiger partial charge in [-0.15, -0.1) is 11.3 Å². The first-order valence-electron chi connectivity index (χ1n) is 7.26. The van der Waals surface area contributed by atoms with Gasteiger partial charge in [0.05, 0.1) is 31.5 Å².